The first-order valence-corrected chi connectivity index (χ1v) is 10.2. The Bertz CT molecular complexity index is 1580. The first-order chi connectivity index (χ1) is 14.5. The van der Waals surface area contributed by atoms with E-state index in [0.717, 1.165) is 38.7 Å². The summed E-state index contributed by atoms with van der Waals surface area (Å²) in [6.07, 6.45) is 1.68. The van der Waals surface area contributed by atoms with Gasteiger partial charge in [-0.2, -0.15) is 0 Å². The minimum Gasteiger partial charge on any atom is -0.459 e. The monoisotopic (exact) mass is 391 g/mol. The van der Waals surface area contributed by atoms with Crippen molar-refractivity contribution in [2.24, 2.45) is 0 Å². The van der Waals surface area contributed by atoms with Crippen molar-refractivity contribution in [3.05, 3.63) is 78.6 Å². The summed E-state index contributed by atoms with van der Waals surface area (Å²) in [7, 11) is 0. The Kier molecular flexibility index (Phi) is 3.43. The molecule has 0 atom stereocenters. The number of aromatic nitrogens is 1. The zero-order valence-corrected chi connectivity index (χ0v) is 17.2. The van der Waals surface area contributed by atoms with E-state index in [9.17, 15) is 0 Å². The van der Waals surface area contributed by atoms with Gasteiger partial charge in [0.25, 0.3) is 0 Å². The SMILES string of the molecule is CC(C)(C)c1cc(-c2nc3ccoc3c3oc4ccccc4c23)cc2ccccc12. The third-order valence-corrected chi connectivity index (χ3v) is 5.86. The van der Waals surface area contributed by atoms with Crippen molar-refractivity contribution in [2.45, 2.75) is 26.2 Å². The van der Waals surface area contributed by atoms with Crippen molar-refractivity contribution in [3.8, 4) is 11.3 Å². The van der Waals surface area contributed by atoms with Gasteiger partial charge in [0.1, 0.15) is 11.1 Å². The van der Waals surface area contributed by atoms with Crippen LogP contribution in [0.4, 0.5) is 0 Å². The lowest BCUT2D eigenvalue weighted by molar-refractivity contribution is 0.596. The van der Waals surface area contributed by atoms with E-state index in [1.165, 1.54) is 16.3 Å². The van der Waals surface area contributed by atoms with Crippen LogP contribution in [0.15, 0.2) is 81.8 Å². The predicted octanol–water partition coefficient (Wildman–Crippen LogP) is 7.84. The second-order valence-electron chi connectivity index (χ2n) is 8.89. The van der Waals surface area contributed by atoms with Crippen molar-refractivity contribution >= 4 is 43.8 Å². The van der Waals surface area contributed by atoms with Gasteiger partial charge in [0, 0.05) is 17.0 Å². The highest BCUT2D eigenvalue weighted by Gasteiger charge is 2.22. The Balaban J connectivity index is 1.80. The van der Waals surface area contributed by atoms with Crippen LogP contribution in [0.25, 0.3) is 55.1 Å². The van der Waals surface area contributed by atoms with Gasteiger partial charge in [-0.1, -0.05) is 63.2 Å². The molecule has 0 unspecified atom stereocenters. The van der Waals surface area contributed by atoms with Crippen molar-refractivity contribution in [3.63, 3.8) is 0 Å². The molecule has 146 valence electrons. The van der Waals surface area contributed by atoms with Crippen LogP contribution in [0.1, 0.15) is 26.3 Å². The van der Waals surface area contributed by atoms with E-state index in [1.54, 1.807) is 6.26 Å². The predicted molar refractivity (Wildman–Crippen MR) is 123 cm³/mol. The first-order valence-electron chi connectivity index (χ1n) is 10.2. The van der Waals surface area contributed by atoms with Crippen LogP contribution in [0.3, 0.4) is 0 Å². The summed E-state index contributed by atoms with van der Waals surface area (Å²) in [6.45, 7) is 6.77. The molecule has 3 nitrogen and oxygen atoms in total. The number of hydrogen-bond acceptors (Lipinski definition) is 3. The van der Waals surface area contributed by atoms with E-state index < -0.39 is 0 Å². The number of fused-ring (bicyclic) bond motifs is 6. The van der Waals surface area contributed by atoms with Crippen LogP contribution in [-0.2, 0) is 5.41 Å². The van der Waals surface area contributed by atoms with E-state index in [0.29, 0.717) is 5.58 Å². The van der Waals surface area contributed by atoms with Gasteiger partial charge >= 0.3 is 0 Å². The quantitative estimate of drug-likeness (QED) is 0.286. The Labute approximate surface area is 173 Å². The molecule has 0 saturated carbocycles. The maximum absolute atomic E-state index is 6.24. The molecule has 6 aromatic rings. The lowest BCUT2D eigenvalue weighted by Crippen LogP contribution is -2.12. The van der Waals surface area contributed by atoms with Crippen molar-refractivity contribution in [1.82, 2.24) is 4.98 Å². The van der Waals surface area contributed by atoms with Gasteiger partial charge in [-0.05, 0) is 39.9 Å². The van der Waals surface area contributed by atoms with Gasteiger partial charge in [0.15, 0.2) is 11.2 Å². The molecule has 0 aliphatic carbocycles. The Hall–Kier alpha value is -3.59. The molecule has 0 amide bonds. The average Bonchev–Trinajstić information content (AvgIpc) is 3.36. The second kappa shape index (κ2) is 5.96. The largest absolute Gasteiger partial charge is 0.459 e. The summed E-state index contributed by atoms with van der Waals surface area (Å²) in [5.41, 5.74) is 6.45. The molecule has 6 rings (SSSR count). The fourth-order valence-corrected chi connectivity index (χ4v) is 4.45. The van der Waals surface area contributed by atoms with Gasteiger partial charge in [0.2, 0.25) is 0 Å². The average molecular weight is 391 g/mol. The van der Waals surface area contributed by atoms with Crippen molar-refractivity contribution in [2.75, 3.05) is 0 Å². The third kappa shape index (κ3) is 2.42. The van der Waals surface area contributed by atoms with Gasteiger partial charge in [-0.3, -0.25) is 0 Å². The summed E-state index contributed by atoms with van der Waals surface area (Å²) in [6, 6.07) is 23.1. The standard InChI is InChI=1S/C27H21NO2/c1-27(2,3)20-15-17(14-16-8-4-5-9-18(16)20)24-23-19-10-6-7-11-22(19)30-26(23)25-21(28-24)12-13-29-25/h4-15H,1-3H3. The maximum Gasteiger partial charge on any atom is 0.195 e. The molecule has 0 bridgehead atoms. The highest BCUT2D eigenvalue weighted by molar-refractivity contribution is 6.18. The fourth-order valence-electron chi connectivity index (χ4n) is 4.45. The normalized spacial score (nSPS) is 12.5. The molecule has 3 aromatic carbocycles. The summed E-state index contributed by atoms with van der Waals surface area (Å²) in [4.78, 5) is 5.03. The molecule has 0 saturated heterocycles. The second-order valence-corrected chi connectivity index (χ2v) is 8.89. The molecule has 3 heteroatoms. The van der Waals surface area contributed by atoms with Crippen LogP contribution >= 0.6 is 0 Å². The number of furan rings is 2. The molecule has 0 aliphatic rings. The van der Waals surface area contributed by atoms with Crippen molar-refractivity contribution in [1.29, 1.82) is 0 Å². The summed E-state index contributed by atoms with van der Waals surface area (Å²) < 4.78 is 12.0. The minimum atomic E-state index is 0.00688. The molecule has 0 radical (unpaired) electrons. The van der Waals surface area contributed by atoms with E-state index >= 15 is 0 Å². The van der Waals surface area contributed by atoms with Crippen LogP contribution in [-0.4, -0.2) is 4.98 Å². The summed E-state index contributed by atoms with van der Waals surface area (Å²) in [5, 5.41) is 4.56. The molecule has 0 fully saturated rings. The summed E-state index contributed by atoms with van der Waals surface area (Å²) in [5.74, 6) is 0. The van der Waals surface area contributed by atoms with Crippen molar-refractivity contribution < 1.29 is 8.83 Å². The minimum absolute atomic E-state index is 0.00688. The van der Waals surface area contributed by atoms with E-state index in [4.69, 9.17) is 13.8 Å². The highest BCUT2D eigenvalue weighted by atomic mass is 16.4. The molecule has 0 N–H and O–H groups in total. The number of para-hydroxylation sites is 1. The fraction of sp³-hybridized carbons (Fsp3) is 0.148. The van der Waals surface area contributed by atoms with E-state index in [-0.39, 0.29) is 5.41 Å². The number of rotatable bonds is 1. The molecule has 30 heavy (non-hydrogen) atoms. The van der Waals surface area contributed by atoms with Crippen LogP contribution in [0, 0.1) is 0 Å². The van der Waals surface area contributed by atoms with Gasteiger partial charge in [-0.15, -0.1) is 0 Å². The van der Waals surface area contributed by atoms with Gasteiger partial charge < -0.3 is 8.83 Å². The maximum atomic E-state index is 6.24. The molecular weight excluding hydrogens is 370 g/mol. The van der Waals surface area contributed by atoms with E-state index in [2.05, 4.69) is 63.2 Å². The molecule has 0 aliphatic heterocycles. The first kappa shape index (κ1) is 17.3. The zero-order chi connectivity index (χ0) is 20.5. The van der Waals surface area contributed by atoms with E-state index in [1.807, 2.05) is 24.3 Å². The third-order valence-electron chi connectivity index (χ3n) is 5.86. The summed E-state index contributed by atoms with van der Waals surface area (Å²) >= 11 is 0. The van der Waals surface area contributed by atoms with Crippen LogP contribution in [0.5, 0.6) is 0 Å². The Morgan fingerprint density at radius 1 is 0.800 bits per heavy atom. The molecule has 3 heterocycles. The van der Waals surface area contributed by atoms with Crippen LogP contribution in [0.2, 0.25) is 0 Å². The number of hydrogen-bond donors (Lipinski definition) is 0. The number of benzene rings is 3. The van der Waals surface area contributed by atoms with Gasteiger partial charge in [-0.25, -0.2) is 4.98 Å². The molecule has 3 aromatic heterocycles. The number of pyridine rings is 1. The number of nitrogens with zero attached hydrogens (tertiary/aromatic N) is 1. The van der Waals surface area contributed by atoms with Gasteiger partial charge in [0.05, 0.1) is 17.3 Å². The molecule has 0 spiro atoms. The topological polar surface area (TPSA) is 39.2 Å². The highest BCUT2D eigenvalue weighted by Crippen LogP contribution is 2.41. The lowest BCUT2D eigenvalue weighted by atomic mass is 9.82. The molecular formula is C27H21NO2. The van der Waals surface area contributed by atoms with Crippen LogP contribution < -0.4 is 0 Å². The Morgan fingerprint density at radius 2 is 1.57 bits per heavy atom. The zero-order valence-electron chi connectivity index (χ0n) is 17.2. The Morgan fingerprint density at radius 3 is 2.40 bits per heavy atom. The smallest absolute Gasteiger partial charge is 0.195 e. The lowest BCUT2D eigenvalue weighted by Gasteiger charge is -2.23.